The van der Waals surface area contributed by atoms with Crippen LogP contribution in [0, 0.1) is 0 Å². The van der Waals surface area contributed by atoms with E-state index in [0.29, 0.717) is 44.6 Å². The van der Waals surface area contributed by atoms with Crippen LogP contribution >= 0.6 is 0 Å². The Hall–Kier alpha value is -2.36. The number of anilines is 1. The highest BCUT2D eigenvalue weighted by atomic mass is 32.2. The Morgan fingerprint density at radius 1 is 0.696 bits per heavy atom. The number of piperidine rings is 2. The second-order valence-electron chi connectivity index (χ2n) is 12.5. The number of benzene rings is 2. The van der Waals surface area contributed by atoms with Crippen LogP contribution in [0.25, 0.3) is 0 Å². The van der Waals surface area contributed by atoms with Gasteiger partial charge in [-0.15, -0.1) is 0 Å². The molecule has 0 spiro atoms. The molecule has 1 N–H and O–H groups in total. The number of amides is 1. The van der Waals surface area contributed by atoms with Crippen molar-refractivity contribution in [3.05, 3.63) is 48.5 Å². The number of nitrogens with zero attached hydrogens (tertiary/aromatic N) is 3. The van der Waals surface area contributed by atoms with Crippen molar-refractivity contribution in [1.82, 2.24) is 12.9 Å². The van der Waals surface area contributed by atoms with Crippen LogP contribution in [0.1, 0.15) is 84.0 Å². The van der Waals surface area contributed by atoms with Crippen molar-refractivity contribution in [3.8, 4) is 0 Å². The van der Waals surface area contributed by atoms with Crippen molar-refractivity contribution in [2.24, 2.45) is 0 Å². The summed E-state index contributed by atoms with van der Waals surface area (Å²) in [6.45, 7) is 2.97. The third-order valence-electron chi connectivity index (χ3n) is 9.45. The van der Waals surface area contributed by atoms with Gasteiger partial charge in [0.1, 0.15) is 0 Å². The predicted molar refractivity (Wildman–Crippen MR) is 177 cm³/mol. The number of nitrogens with one attached hydrogen (secondary N) is 1. The van der Waals surface area contributed by atoms with Gasteiger partial charge in [-0.2, -0.15) is 12.9 Å². The minimum atomic E-state index is -4.15. The Balaban J connectivity index is 1.32. The molecule has 14 heteroatoms. The van der Waals surface area contributed by atoms with Crippen molar-refractivity contribution in [2.45, 2.75) is 111 Å². The summed E-state index contributed by atoms with van der Waals surface area (Å²) in [5, 5.41) is 2.73. The SMILES string of the molecule is CC[C@@H]1CCCCN1S(=O)(=O)c1ccc(S(=O)(=O)N(CC(=O)Nc2ccc(S(=O)(=O)N3CCCCC3)cc2)C2CCCCC2)cc1. The van der Waals surface area contributed by atoms with Gasteiger partial charge in [-0.25, -0.2) is 25.3 Å². The van der Waals surface area contributed by atoms with Crippen molar-refractivity contribution in [1.29, 1.82) is 0 Å². The van der Waals surface area contributed by atoms with Gasteiger partial charge in [0.15, 0.2) is 0 Å². The monoisotopic (exact) mass is 694 g/mol. The van der Waals surface area contributed by atoms with Crippen LogP contribution in [-0.2, 0) is 34.9 Å². The molecule has 254 valence electrons. The molecule has 1 saturated carbocycles. The van der Waals surface area contributed by atoms with E-state index in [1.165, 1.54) is 61.4 Å². The Bertz CT molecular complexity index is 1670. The molecule has 0 bridgehead atoms. The second-order valence-corrected chi connectivity index (χ2v) is 18.2. The molecule has 0 radical (unpaired) electrons. The van der Waals surface area contributed by atoms with E-state index in [-0.39, 0.29) is 26.8 Å². The summed E-state index contributed by atoms with van der Waals surface area (Å²) in [6, 6.07) is 10.8. The van der Waals surface area contributed by atoms with Crippen LogP contribution in [-0.4, -0.2) is 82.3 Å². The van der Waals surface area contributed by atoms with Gasteiger partial charge in [0, 0.05) is 37.4 Å². The number of carbonyl (C=O) groups excluding carboxylic acids is 1. The topological polar surface area (TPSA) is 141 Å². The molecule has 0 unspecified atom stereocenters. The molecule has 2 heterocycles. The lowest BCUT2D eigenvalue weighted by Gasteiger charge is -2.34. The molecular formula is C32H46N4O7S3. The van der Waals surface area contributed by atoms with E-state index in [1.54, 1.807) is 0 Å². The fourth-order valence-electron chi connectivity index (χ4n) is 6.84. The zero-order valence-corrected chi connectivity index (χ0v) is 29.0. The van der Waals surface area contributed by atoms with Crippen molar-refractivity contribution in [2.75, 3.05) is 31.5 Å². The zero-order valence-electron chi connectivity index (χ0n) is 26.5. The lowest BCUT2D eigenvalue weighted by molar-refractivity contribution is -0.116. The maximum Gasteiger partial charge on any atom is 0.243 e. The Morgan fingerprint density at radius 2 is 1.22 bits per heavy atom. The van der Waals surface area contributed by atoms with Crippen molar-refractivity contribution in [3.63, 3.8) is 0 Å². The number of hydrogen-bond acceptors (Lipinski definition) is 7. The highest BCUT2D eigenvalue weighted by Crippen LogP contribution is 2.31. The highest BCUT2D eigenvalue weighted by molar-refractivity contribution is 7.89. The first-order valence-electron chi connectivity index (χ1n) is 16.5. The van der Waals surface area contributed by atoms with Gasteiger partial charge >= 0.3 is 0 Å². The first-order chi connectivity index (χ1) is 21.9. The van der Waals surface area contributed by atoms with Crippen molar-refractivity contribution >= 4 is 41.7 Å². The minimum Gasteiger partial charge on any atom is -0.325 e. The van der Waals surface area contributed by atoms with Gasteiger partial charge in [-0.3, -0.25) is 4.79 Å². The number of hydrogen-bond donors (Lipinski definition) is 1. The van der Waals surface area contributed by atoms with E-state index in [9.17, 15) is 30.0 Å². The van der Waals surface area contributed by atoms with Gasteiger partial charge in [0.2, 0.25) is 36.0 Å². The van der Waals surface area contributed by atoms with Gasteiger partial charge in [0.05, 0.1) is 21.2 Å². The highest BCUT2D eigenvalue weighted by Gasteiger charge is 2.36. The first kappa shape index (κ1) is 35.0. The third-order valence-corrected chi connectivity index (χ3v) is 15.2. The van der Waals surface area contributed by atoms with Gasteiger partial charge < -0.3 is 5.32 Å². The molecule has 5 rings (SSSR count). The summed E-state index contributed by atoms with van der Waals surface area (Å²) in [5.41, 5.74) is 0.362. The van der Waals surface area contributed by atoms with Crippen LogP contribution in [0.2, 0.25) is 0 Å². The quantitative estimate of drug-likeness (QED) is 0.357. The van der Waals surface area contributed by atoms with E-state index in [0.717, 1.165) is 57.8 Å². The minimum absolute atomic E-state index is 0.0551. The van der Waals surface area contributed by atoms with Crippen LogP contribution in [0.3, 0.4) is 0 Å². The maximum absolute atomic E-state index is 14.0. The smallest absolute Gasteiger partial charge is 0.243 e. The average molecular weight is 695 g/mol. The summed E-state index contributed by atoms with van der Waals surface area (Å²) in [4.78, 5) is 13.4. The molecule has 2 aromatic carbocycles. The predicted octanol–water partition coefficient (Wildman–Crippen LogP) is 4.78. The van der Waals surface area contributed by atoms with Gasteiger partial charge in [-0.1, -0.05) is 39.0 Å². The normalized spacial score (nSPS) is 21.3. The van der Waals surface area contributed by atoms with Crippen LogP contribution in [0.5, 0.6) is 0 Å². The molecule has 11 nitrogen and oxygen atoms in total. The lowest BCUT2D eigenvalue weighted by atomic mass is 9.95. The summed E-state index contributed by atoms with van der Waals surface area (Å²) in [6.07, 6.45) is 9.89. The molecule has 46 heavy (non-hydrogen) atoms. The largest absolute Gasteiger partial charge is 0.325 e. The molecule has 0 aromatic heterocycles. The van der Waals surface area contributed by atoms with Gasteiger partial charge in [-0.05, 0) is 93.5 Å². The fourth-order valence-corrected chi connectivity index (χ4v) is 11.8. The molecule has 3 aliphatic rings. The summed E-state index contributed by atoms with van der Waals surface area (Å²) >= 11 is 0. The van der Waals surface area contributed by atoms with E-state index in [1.807, 2.05) is 6.92 Å². The molecular weight excluding hydrogens is 649 g/mol. The summed E-state index contributed by atoms with van der Waals surface area (Å²) < 4.78 is 85.2. The molecule has 2 saturated heterocycles. The zero-order chi connectivity index (χ0) is 33.0. The molecule has 2 aromatic rings. The number of rotatable bonds is 11. The lowest BCUT2D eigenvalue weighted by Crippen LogP contribution is -2.45. The van der Waals surface area contributed by atoms with Crippen molar-refractivity contribution < 1.29 is 30.0 Å². The van der Waals surface area contributed by atoms with Crippen LogP contribution < -0.4 is 5.32 Å². The number of sulfonamides is 3. The van der Waals surface area contributed by atoms with Crippen LogP contribution in [0.15, 0.2) is 63.2 Å². The Morgan fingerprint density at radius 3 is 1.85 bits per heavy atom. The van der Waals surface area contributed by atoms with E-state index in [4.69, 9.17) is 0 Å². The van der Waals surface area contributed by atoms with Crippen LogP contribution in [0.4, 0.5) is 5.69 Å². The van der Waals surface area contributed by atoms with E-state index >= 15 is 0 Å². The molecule has 2 aliphatic heterocycles. The first-order valence-corrected chi connectivity index (χ1v) is 20.8. The van der Waals surface area contributed by atoms with E-state index in [2.05, 4.69) is 5.32 Å². The summed E-state index contributed by atoms with van der Waals surface area (Å²) in [5.74, 6) is -0.546. The standard InChI is InChI=1S/C32H46N4O7S3/c1-2-27-11-7-10-24-35(27)45(40,41)30-18-20-31(21-19-30)46(42,43)36(28-12-5-3-6-13-28)25-32(37)33-26-14-16-29(17-15-26)44(38,39)34-22-8-4-9-23-34/h14-21,27-28H,2-13,22-25H2,1H3,(H,33,37)/t27-/m1/s1. The molecule has 1 atom stereocenters. The maximum atomic E-state index is 14.0. The average Bonchev–Trinajstić information content (AvgIpc) is 3.08. The summed E-state index contributed by atoms with van der Waals surface area (Å²) in [7, 11) is -11.5. The molecule has 3 fully saturated rings. The number of carbonyl (C=O) groups is 1. The van der Waals surface area contributed by atoms with E-state index < -0.39 is 42.5 Å². The second kappa shape index (κ2) is 14.8. The Kier molecular flexibility index (Phi) is 11.3. The molecule has 1 aliphatic carbocycles. The van der Waals surface area contributed by atoms with Gasteiger partial charge in [0.25, 0.3) is 0 Å². The third kappa shape index (κ3) is 7.68. The molecule has 1 amide bonds. The Labute approximate surface area is 274 Å². The fraction of sp³-hybridized carbons (Fsp3) is 0.594.